The normalized spacial score (nSPS) is 27.3. The second kappa shape index (κ2) is 5.88. The van der Waals surface area contributed by atoms with E-state index in [1.54, 1.807) is 28.6 Å². The van der Waals surface area contributed by atoms with Gasteiger partial charge in [0, 0.05) is 24.7 Å². The third-order valence-corrected chi connectivity index (χ3v) is 6.67. The standard InChI is InChI=1S/C15H21ClN2O2S/c16-14-4-2-13(3-5-14)10-21(19,20)18-9-7-15(12-18)6-1-8-17-11-15/h2-5,17H,1,6-12H2. The number of benzene rings is 1. The average molecular weight is 329 g/mol. The first-order chi connectivity index (χ1) is 9.99. The van der Waals surface area contributed by atoms with Gasteiger partial charge < -0.3 is 5.32 Å². The van der Waals surface area contributed by atoms with Gasteiger partial charge in [-0.2, -0.15) is 0 Å². The van der Waals surface area contributed by atoms with E-state index < -0.39 is 10.0 Å². The molecule has 0 radical (unpaired) electrons. The molecule has 0 amide bonds. The number of rotatable bonds is 3. The number of sulfonamides is 1. The fraction of sp³-hybridized carbons (Fsp3) is 0.600. The van der Waals surface area contributed by atoms with E-state index in [2.05, 4.69) is 5.32 Å². The van der Waals surface area contributed by atoms with E-state index in [-0.39, 0.29) is 11.2 Å². The first-order valence-corrected chi connectivity index (χ1v) is 9.41. The Hall–Kier alpha value is -0.620. The third kappa shape index (κ3) is 3.42. The maximum Gasteiger partial charge on any atom is 0.218 e. The third-order valence-electron chi connectivity index (χ3n) is 4.62. The van der Waals surface area contributed by atoms with Gasteiger partial charge >= 0.3 is 0 Å². The van der Waals surface area contributed by atoms with E-state index in [0.717, 1.165) is 37.9 Å². The molecule has 1 aromatic rings. The summed E-state index contributed by atoms with van der Waals surface area (Å²) in [6.45, 7) is 3.31. The summed E-state index contributed by atoms with van der Waals surface area (Å²) >= 11 is 5.84. The Morgan fingerprint density at radius 1 is 1.24 bits per heavy atom. The zero-order valence-corrected chi connectivity index (χ0v) is 13.6. The van der Waals surface area contributed by atoms with Crippen molar-refractivity contribution >= 4 is 21.6 Å². The molecule has 2 heterocycles. The van der Waals surface area contributed by atoms with Crippen molar-refractivity contribution in [2.75, 3.05) is 26.2 Å². The Morgan fingerprint density at radius 2 is 2.00 bits per heavy atom. The van der Waals surface area contributed by atoms with Crippen LogP contribution < -0.4 is 5.32 Å². The Bertz CT molecular complexity index is 595. The summed E-state index contributed by atoms with van der Waals surface area (Å²) in [4.78, 5) is 0. The molecule has 2 aliphatic heterocycles. The predicted molar refractivity (Wildman–Crippen MR) is 84.8 cm³/mol. The second-order valence-corrected chi connectivity index (χ2v) is 8.65. The number of nitrogens with zero attached hydrogens (tertiary/aromatic N) is 1. The van der Waals surface area contributed by atoms with Crippen molar-refractivity contribution in [1.82, 2.24) is 9.62 Å². The fourth-order valence-corrected chi connectivity index (χ4v) is 5.15. The zero-order valence-electron chi connectivity index (χ0n) is 12.0. The van der Waals surface area contributed by atoms with Crippen molar-refractivity contribution in [2.45, 2.75) is 25.0 Å². The van der Waals surface area contributed by atoms with E-state index in [4.69, 9.17) is 11.6 Å². The zero-order chi connectivity index (χ0) is 14.9. The van der Waals surface area contributed by atoms with Gasteiger partial charge in [0.1, 0.15) is 0 Å². The molecule has 1 spiro atoms. The lowest BCUT2D eigenvalue weighted by Gasteiger charge is -2.33. The van der Waals surface area contributed by atoms with Crippen molar-refractivity contribution in [1.29, 1.82) is 0 Å². The molecule has 6 heteroatoms. The molecule has 1 unspecified atom stereocenters. The summed E-state index contributed by atoms with van der Waals surface area (Å²) in [6, 6.07) is 7.05. The number of hydrogen-bond acceptors (Lipinski definition) is 3. The van der Waals surface area contributed by atoms with Crippen molar-refractivity contribution in [3.05, 3.63) is 34.9 Å². The largest absolute Gasteiger partial charge is 0.316 e. The SMILES string of the molecule is O=S(=O)(Cc1ccc(Cl)cc1)N1CCC2(CCCNC2)C1. The van der Waals surface area contributed by atoms with Crippen LogP contribution in [0.3, 0.4) is 0 Å². The topological polar surface area (TPSA) is 49.4 Å². The highest BCUT2D eigenvalue weighted by molar-refractivity contribution is 7.88. The van der Waals surface area contributed by atoms with Crippen LogP contribution >= 0.6 is 11.6 Å². The molecule has 1 aromatic carbocycles. The summed E-state index contributed by atoms with van der Waals surface area (Å²) in [7, 11) is -3.24. The van der Waals surface area contributed by atoms with Crippen molar-refractivity contribution in [3.63, 3.8) is 0 Å². The first-order valence-electron chi connectivity index (χ1n) is 7.42. The summed E-state index contributed by atoms with van der Waals surface area (Å²) < 4.78 is 26.8. The van der Waals surface area contributed by atoms with Crippen LogP contribution in [0.25, 0.3) is 0 Å². The number of piperidine rings is 1. The molecule has 2 saturated heterocycles. The van der Waals surface area contributed by atoms with E-state index >= 15 is 0 Å². The van der Waals surface area contributed by atoms with E-state index in [0.29, 0.717) is 18.1 Å². The lowest BCUT2D eigenvalue weighted by atomic mass is 9.80. The molecule has 0 bridgehead atoms. The van der Waals surface area contributed by atoms with Crippen LogP contribution in [0.15, 0.2) is 24.3 Å². The number of hydrogen-bond donors (Lipinski definition) is 1. The highest BCUT2D eigenvalue weighted by Gasteiger charge is 2.42. The van der Waals surface area contributed by atoms with Crippen LogP contribution in [0.1, 0.15) is 24.8 Å². The lowest BCUT2D eigenvalue weighted by Crippen LogP contribution is -2.42. The van der Waals surface area contributed by atoms with Gasteiger partial charge in [0.15, 0.2) is 0 Å². The molecule has 0 saturated carbocycles. The molecule has 4 nitrogen and oxygen atoms in total. The monoisotopic (exact) mass is 328 g/mol. The van der Waals surface area contributed by atoms with Crippen LogP contribution in [0.4, 0.5) is 0 Å². The van der Waals surface area contributed by atoms with Gasteiger partial charge in [0.25, 0.3) is 0 Å². The van der Waals surface area contributed by atoms with Gasteiger partial charge in [-0.05, 0) is 48.9 Å². The number of nitrogens with one attached hydrogen (secondary N) is 1. The van der Waals surface area contributed by atoms with Gasteiger partial charge in [0.2, 0.25) is 10.0 Å². The second-order valence-electron chi connectivity index (χ2n) is 6.25. The van der Waals surface area contributed by atoms with Gasteiger partial charge in [0.05, 0.1) is 5.75 Å². The molecule has 1 atom stereocenters. The van der Waals surface area contributed by atoms with Crippen LogP contribution in [-0.2, 0) is 15.8 Å². The average Bonchev–Trinajstić information content (AvgIpc) is 2.87. The highest BCUT2D eigenvalue weighted by Crippen LogP contribution is 2.37. The molecule has 3 rings (SSSR count). The Kier molecular flexibility index (Phi) is 4.28. The minimum absolute atomic E-state index is 0.0632. The molecule has 21 heavy (non-hydrogen) atoms. The summed E-state index contributed by atoms with van der Waals surface area (Å²) in [6.07, 6.45) is 3.25. The molecule has 1 N–H and O–H groups in total. The van der Waals surface area contributed by atoms with Gasteiger partial charge in [-0.15, -0.1) is 0 Å². The Morgan fingerprint density at radius 3 is 2.67 bits per heavy atom. The smallest absolute Gasteiger partial charge is 0.218 e. The quantitative estimate of drug-likeness (QED) is 0.925. The minimum Gasteiger partial charge on any atom is -0.316 e. The summed E-state index contributed by atoms with van der Waals surface area (Å²) in [5.41, 5.74) is 0.952. The predicted octanol–water partition coefficient (Wildman–Crippen LogP) is 2.25. The Balaban J connectivity index is 1.69. The van der Waals surface area contributed by atoms with E-state index in [1.807, 2.05) is 0 Å². The fourth-order valence-electron chi connectivity index (χ4n) is 3.39. The van der Waals surface area contributed by atoms with Gasteiger partial charge in [-0.1, -0.05) is 23.7 Å². The van der Waals surface area contributed by atoms with Crippen molar-refractivity contribution in [2.24, 2.45) is 5.41 Å². The maximum atomic E-state index is 12.6. The molecule has 116 valence electrons. The molecule has 2 aliphatic rings. The van der Waals surface area contributed by atoms with E-state index in [9.17, 15) is 8.42 Å². The highest BCUT2D eigenvalue weighted by atomic mass is 35.5. The molecule has 0 aromatic heterocycles. The summed E-state index contributed by atoms with van der Waals surface area (Å²) in [5.74, 6) is 0.0632. The molecular formula is C15H21ClN2O2S. The van der Waals surface area contributed by atoms with Gasteiger partial charge in [-0.3, -0.25) is 0 Å². The van der Waals surface area contributed by atoms with Crippen LogP contribution in [0.2, 0.25) is 5.02 Å². The van der Waals surface area contributed by atoms with E-state index in [1.165, 1.54) is 0 Å². The lowest BCUT2D eigenvalue weighted by molar-refractivity contribution is 0.224. The van der Waals surface area contributed by atoms with Crippen molar-refractivity contribution in [3.8, 4) is 0 Å². The Labute approximate surface area is 131 Å². The minimum atomic E-state index is -3.24. The molecule has 2 fully saturated rings. The van der Waals surface area contributed by atoms with Gasteiger partial charge in [-0.25, -0.2) is 12.7 Å². The summed E-state index contributed by atoms with van der Waals surface area (Å²) in [5, 5.41) is 4.04. The van der Waals surface area contributed by atoms with Crippen molar-refractivity contribution < 1.29 is 8.42 Å². The van der Waals surface area contributed by atoms with Crippen LogP contribution in [0.5, 0.6) is 0 Å². The van der Waals surface area contributed by atoms with Crippen LogP contribution in [-0.4, -0.2) is 38.9 Å². The maximum absolute atomic E-state index is 12.6. The molecule has 0 aliphatic carbocycles. The first kappa shape index (κ1) is 15.3. The number of halogens is 1. The molecular weight excluding hydrogens is 308 g/mol. The van der Waals surface area contributed by atoms with Crippen LogP contribution in [0, 0.1) is 5.41 Å².